The topological polar surface area (TPSA) is 69.4 Å². The van der Waals surface area contributed by atoms with Crippen LogP contribution in [0.3, 0.4) is 0 Å². The number of alkyl halides is 1. The van der Waals surface area contributed by atoms with Crippen LogP contribution in [-0.2, 0) is 9.53 Å². The van der Waals surface area contributed by atoms with Crippen LogP contribution in [0, 0.1) is 0 Å². The van der Waals surface area contributed by atoms with E-state index in [9.17, 15) is 9.59 Å². The molecule has 1 unspecified atom stereocenters. The molecule has 86 valence electrons. The molecule has 1 atom stereocenters. The van der Waals surface area contributed by atoms with Crippen LogP contribution in [0.15, 0.2) is 18.2 Å². The highest BCUT2D eigenvalue weighted by Gasteiger charge is 2.17. The van der Waals surface area contributed by atoms with Crippen molar-refractivity contribution in [3.05, 3.63) is 29.3 Å². The second kappa shape index (κ2) is 5.12. The minimum Gasteiger partial charge on any atom is -0.465 e. The number of esters is 1. The summed E-state index contributed by atoms with van der Waals surface area (Å²) >= 11 is 3.22. The lowest BCUT2D eigenvalue weighted by molar-refractivity contribution is -0.116. The second-order valence-electron chi connectivity index (χ2n) is 3.31. The van der Waals surface area contributed by atoms with Crippen molar-refractivity contribution in [2.75, 3.05) is 12.8 Å². The van der Waals surface area contributed by atoms with Crippen LogP contribution in [0.5, 0.6) is 0 Å². The minimum absolute atomic E-state index is 0.0753. The predicted molar refractivity (Wildman–Crippen MR) is 64.5 cm³/mol. The molecule has 0 fully saturated rings. The van der Waals surface area contributed by atoms with Gasteiger partial charge in [0.25, 0.3) is 0 Å². The summed E-state index contributed by atoms with van der Waals surface area (Å²) in [6, 6.07) is 4.70. The maximum atomic E-state index is 11.3. The van der Waals surface area contributed by atoms with Gasteiger partial charge in [0.15, 0.2) is 0 Å². The first-order chi connectivity index (χ1) is 7.47. The first-order valence-corrected chi connectivity index (χ1v) is 5.51. The van der Waals surface area contributed by atoms with E-state index in [0.29, 0.717) is 16.8 Å². The highest BCUT2D eigenvalue weighted by atomic mass is 79.9. The molecule has 1 aromatic rings. The number of hydrogen-bond acceptors (Lipinski definition) is 4. The van der Waals surface area contributed by atoms with E-state index in [1.807, 2.05) is 0 Å². The highest BCUT2D eigenvalue weighted by Crippen LogP contribution is 2.29. The summed E-state index contributed by atoms with van der Waals surface area (Å²) in [5.74, 6) is -0.529. The van der Waals surface area contributed by atoms with Gasteiger partial charge in [0.1, 0.15) is 5.78 Å². The van der Waals surface area contributed by atoms with Crippen LogP contribution in [0.1, 0.15) is 27.7 Å². The van der Waals surface area contributed by atoms with Crippen LogP contribution in [-0.4, -0.2) is 18.9 Å². The smallest absolute Gasteiger partial charge is 0.337 e. The lowest BCUT2D eigenvalue weighted by Crippen LogP contribution is -2.08. The fourth-order valence-electron chi connectivity index (χ4n) is 1.26. The Morgan fingerprint density at radius 2 is 2.06 bits per heavy atom. The zero-order valence-electron chi connectivity index (χ0n) is 8.99. The highest BCUT2D eigenvalue weighted by molar-refractivity contribution is 9.09. The van der Waals surface area contributed by atoms with Crippen molar-refractivity contribution in [2.24, 2.45) is 0 Å². The van der Waals surface area contributed by atoms with E-state index < -0.39 is 10.8 Å². The molecule has 0 bridgehead atoms. The predicted octanol–water partition coefficient (Wildman–Crippen LogP) is 2.08. The number of ketones is 1. The van der Waals surface area contributed by atoms with Gasteiger partial charge >= 0.3 is 5.97 Å². The molecule has 0 heterocycles. The van der Waals surface area contributed by atoms with Gasteiger partial charge in [-0.2, -0.15) is 0 Å². The third-order valence-corrected chi connectivity index (χ3v) is 3.28. The summed E-state index contributed by atoms with van der Waals surface area (Å²) in [6.45, 7) is 1.45. The van der Waals surface area contributed by atoms with Crippen molar-refractivity contribution in [2.45, 2.75) is 11.8 Å². The number of Topliss-reactive ketones (excluding diaryl/α,β-unsaturated/α-hetero) is 1. The number of methoxy groups -OCH3 is 1. The van der Waals surface area contributed by atoms with E-state index in [1.165, 1.54) is 14.0 Å². The fraction of sp³-hybridized carbons (Fsp3) is 0.273. The molecule has 4 nitrogen and oxygen atoms in total. The number of ether oxygens (including phenoxy) is 1. The number of anilines is 1. The molecule has 0 saturated heterocycles. The second-order valence-corrected chi connectivity index (χ2v) is 4.22. The number of nitrogens with two attached hydrogens (primary N) is 1. The average Bonchev–Trinajstić information content (AvgIpc) is 2.27. The molecule has 0 aliphatic heterocycles. The van der Waals surface area contributed by atoms with Gasteiger partial charge in [-0.15, -0.1) is 0 Å². The Morgan fingerprint density at radius 1 is 1.44 bits per heavy atom. The van der Waals surface area contributed by atoms with Gasteiger partial charge in [0.2, 0.25) is 0 Å². The van der Waals surface area contributed by atoms with E-state index in [0.717, 1.165) is 0 Å². The Hall–Kier alpha value is -1.36. The standard InChI is InChI=1S/C11H12BrNO3/c1-6(14)10(12)8-5-7(11(15)16-2)3-4-9(8)13/h3-5,10H,13H2,1-2H3. The van der Waals surface area contributed by atoms with Crippen molar-refractivity contribution in [3.63, 3.8) is 0 Å². The molecule has 0 spiro atoms. The summed E-state index contributed by atoms with van der Waals surface area (Å²) in [4.78, 5) is 22.0. The number of rotatable bonds is 3. The van der Waals surface area contributed by atoms with Crippen LogP contribution in [0.25, 0.3) is 0 Å². The van der Waals surface area contributed by atoms with Gasteiger partial charge in [0.05, 0.1) is 17.5 Å². The van der Waals surface area contributed by atoms with Gasteiger partial charge < -0.3 is 10.5 Å². The molecule has 1 aromatic carbocycles. The van der Waals surface area contributed by atoms with Gasteiger partial charge in [-0.3, -0.25) is 4.79 Å². The van der Waals surface area contributed by atoms with E-state index in [1.54, 1.807) is 18.2 Å². The number of carbonyl (C=O) groups excluding carboxylic acids is 2. The van der Waals surface area contributed by atoms with Crippen molar-refractivity contribution in [1.82, 2.24) is 0 Å². The molecular weight excluding hydrogens is 274 g/mol. The molecule has 0 saturated carbocycles. The number of nitrogen functional groups attached to an aromatic ring is 1. The first-order valence-electron chi connectivity index (χ1n) is 4.59. The monoisotopic (exact) mass is 285 g/mol. The quantitative estimate of drug-likeness (QED) is 0.524. The van der Waals surface area contributed by atoms with Gasteiger partial charge in [-0.05, 0) is 30.7 Å². The third kappa shape index (κ3) is 2.61. The Bertz CT molecular complexity index is 431. The van der Waals surface area contributed by atoms with Crippen LogP contribution >= 0.6 is 15.9 Å². The van der Waals surface area contributed by atoms with Crippen molar-refractivity contribution in [1.29, 1.82) is 0 Å². The molecule has 0 aliphatic rings. The SMILES string of the molecule is COC(=O)c1ccc(N)c(C(Br)C(C)=O)c1. The molecule has 0 radical (unpaired) electrons. The molecule has 0 amide bonds. The largest absolute Gasteiger partial charge is 0.465 e. The number of halogens is 1. The Morgan fingerprint density at radius 3 is 2.56 bits per heavy atom. The molecular formula is C11H12BrNO3. The first kappa shape index (κ1) is 12.7. The van der Waals surface area contributed by atoms with Crippen molar-refractivity contribution < 1.29 is 14.3 Å². The van der Waals surface area contributed by atoms with Gasteiger partial charge in [-0.25, -0.2) is 4.79 Å². The summed E-state index contributed by atoms with van der Waals surface area (Å²) in [6.07, 6.45) is 0. The van der Waals surface area contributed by atoms with Gasteiger partial charge in [0, 0.05) is 5.69 Å². The summed E-state index contributed by atoms with van der Waals surface area (Å²) < 4.78 is 4.59. The molecule has 0 aliphatic carbocycles. The molecule has 1 rings (SSSR count). The average molecular weight is 286 g/mol. The summed E-state index contributed by atoms with van der Waals surface area (Å²) in [5, 5.41) is 0. The fourth-order valence-corrected chi connectivity index (χ4v) is 1.65. The van der Waals surface area contributed by atoms with Crippen molar-refractivity contribution in [3.8, 4) is 0 Å². The van der Waals surface area contributed by atoms with Crippen LogP contribution in [0.4, 0.5) is 5.69 Å². The Balaban J connectivity index is 3.18. The van der Waals surface area contributed by atoms with E-state index in [4.69, 9.17) is 5.73 Å². The van der Waals surface area contributed by atoms with E-state index >= 15 is 0 Å². The Kier molecular flexibility index (Phi) is 4.06. The zero-order chi connectivity index (χ0) is 12.3. The van der Waals surface area contributed by atoms with E-state index in [2.05, 4.69) is 20.7 Å². The Labute approximate surface area is 102 Å². The minimum atomic E-state index is -0.503. The normalized spacial score (nSPS) is 11.9. The maximum absolute atomic E-state index is 11.3. The summed E-state index contributed by atoms with van der Waals surface area (Å²) in [5.41, 5.74) is 7.15. The number of benzene rings is 1. The molecule has 2 N–H and O–H groups in total. The summed E-state index contributed by atoms with van der Waals surface area (Å²) in [7, 11) is 1.30. The van der Waals surface area contributed by atoms with Crippen molar-refractivity contribution >= 4 is 33.4 Å². The molecule has 5 heteroatoms. The maximum Gasteiger partial charge on any atom is 0.337 e. The zero-order valence-corrected chi connectivity index (χ0v) is 10.6. The van der Waals surface area contributed by atoms with E-state index in [-0.39, 0.29) is 5.78 Å². The number of carbonyl (C=O) groups is 2. The van der Waals surface area contributed by atoms with Crippen LogP contribution in [0.2, 0.25) is 0 Å². The lowest BCUT2D eigenvalue weighted by atomic mass is 10.0. The third-order valence-electron chi connectivity index (χ3n) is 2.14. The lowest BCUT2D eigenvalue weighted by Gasteiger charge is -2.11. The number of hydrogen-bond donors (Lipinski definition) is 1. The van der Waals surface area contributed by atoms with Gasteiger partial charge in [-0.1, -0.05) is 15.9 Å². The molecule has 16 heavy (non-hydrogen) atoms. The van der Waals surface area contributed by atoms with Crippen LogP contribution < -0.4 is 5.73 Å². The molecule has 0 aromatic heterocycles.